The van der Waals surface area contributed by atoms with E-state index in [1.807, 2.05) is 24.3 Å². The molecule has 2 aliphatic heterocycles. The summed E-state index contributed by atoms with van der Waals surface area (Å²) in [6, 6.07) is 12.6. The van der Waals surface area contributed by atoms with Crippen molar-refractivity contribution in [2.45, 2.75) is 30.8 Å². The van der Waals surface area contributed by atoms with Crippen LogP contribution in [0.3, 0.4) is 0 Å². The van der Waals surface area contributed by atoms with Gasteiger partial charge in [-0.05, 0) is 48.7 Å². The number of carbonyl (C=O) groups is 2. The molecule has 164 valence electrons. The monoisotopic (exact) mass is 433 g/mol. The van der Waals surface area contributed by atoms with Crippen molar-refractivity contribution in [3.8, 4) is 11.8 Å². The lowest BCUT2D eigenvalue weighted by Gasteiger charge is -2.58. The Labute approximate surface area is 186 Å². The van der Waals surface area contributed by atoms with E-state index in [-0.39, 0.29) is 37.1 Å². The zero-order valence-electron chi connectivity index (χ0n) is 17.5. The Morgan fingerprint density at radius 1 is 1.19 bits per heavy atom. The minimum atomic E-state index is -0.446. The van der Waals surface area contributed by atoms with E-state index in [0.29, 0.717) is 18.2 Å². The molecule has 3 fully saturated rings. The summed E-state index contributed by atoms with van der Waals surface area (Å²) in [5, 5.41) is 12.6. The number of nitrogens with one attached hydrogen (secondary N) is 1. The maximum Gasteiger partial charge on any atom is 0.322 e. The summed E-state index contributed by atoms with van der Waals surface area (Å²) < 4.78 is 13.4. The molecule has 2 N–H and O–H groups in total. The fourth-order valence-electron chi connectivity index (χ4n) is 4.62. The molecular formula is C25H24FN3O3. The Hall–Kier alpha value is -3.37. The number of urea groups is 1. The minimum Gasteiger partial charge on any atom is -0.394 e. The molecule has 0 spiro atoms. The lowest BCUT2D eigenvalue weighted by molar-refractivity contribution is -0.159. The predicted octanol–water partition coefficient (Wildman–Crippen LogP) is 2.79. The van der Waals surface area contributed by atoms with E-state index in [0.717, 1.165) is 11.1 Å². The Balaban J connectivity index is 1.31. The van der Waals surface area contributed by atoms with Crippen LogP contribution in [0.2, 0.25) is 0 Å². The highest BCUT2D eigenvalue weighted by atomic mass is 19.1. The van der Waals surface area contributed by atoms with Crippen molar-refractivity contribution in [3.05, 3.63) is 65.5 Å². The van der Waals surface area contributed by atoms with Gasteiger partial charge in [-0.15, -0.1) is 0 Å². The van der Waals surface area contributed by atoms with Crippen LogP contribution in [-0.4, -0.2) is 58.6 Å². The SMILES string of the molecule is O=C(Nc1cccc(F)c1)N1CC(=O)N2[C@H](C1)[C@H](c1ccc(C#CC3CC3)cc1)[C@@H]2CO. The van der Waals surface area contributed by atoms with E-state index in [4.69, 9.17) is 0 Å². The summed E-state index contributed by atoms with van der Waals surface area (Å²) in [6.07, 6.45) is 2.36. The van der Waals surface area contributed by atoms with Crippen molar-refractivity contribution < 1.29 is 19.1 Å². The van der Waals surface area contributed by atoms with Crippen molar-refractivity contribution in [2.75, 3.05) is 25.0 Å². The fourth-order valence-corrected chi connectivity index (χ4v) is 4.62. The summed E-state index contributed by atoms with van der Waals surface area (Å²) in [5.41, 5.74) is 2.31. The molecule has 1 aliphatic carbocycles. The first-order chi connectivity index (χ1) is 15.5. The zero-order chi connectivity index (χ0) is 22.2. The Morgan fingerprint density at radius 2 is 1.97 bits per heavy atom. The number of hydrogen-bond acceptors (Lipinski definition) is 3. The van der Waals surface area contributed by atoms with Crippen LogP contribution in [0, 0.1) is 23.6 Å². The van der Waals surface area contributed by atoms with E-state index in [1.165, 1.54) is 35.9 Å². The average Bonchev–Trinajstić information content (AvgIpc) is 3.59. The van der Waals surface area contributed by atoms with Gasteiger partial charge in [0.1, 0.15) is 12.4 Å². The van der Waals surface area contributed by atoms with Crippen LogP contribution >= 0.6 is 0 Å². The number of piperazine rings is 1. The van der Waals surface area contributed by atoms with Crippen LogP contribution in [0.1, 0.15) is 29.9 Å². The molecule has 2 aromatic rings. The number of aliphatic hydroxyl groups excluding tert-OH is 1. The molecule has 5 rings (SSSR count). The molecule has 0 bridgehead atoms. The standard InChI is InChI=1S/C25H24FN3O3/c26-19-2-1-3-20(12-19)27-25(32)28-13-21-24(22(15-30)29(21)23(31)14-28)18-10-8-17(9-11-18)7-6-16-4-5-16/h1-3,8-12,16,21-22,24,30H,4-5,13-15H2,(H,27,32)/t21-,22+,24+/m1/s1. The van der Waals surface area contributed by atoms with Gasteiger partial charge in [-0.2, -0.15) is 0 Å². The van der Waals surface area contributed by atoms with Gasteiger partial charge in [0.05, 0.1) is 18.7 Å². The van der Waals surface area contributed by atoms with E-state index in [1.54, 1.807) is 11.0 Å². The van der Waals surface area contributed by atoms with E-state index in [2.05, 4.69) is 17.2 Å². The topological polar surface area (TPSA) is 72.9 Å². The molecule has 2 saturated heterocycles. The highest BCUT2D eigenvalue weighted by Crippen LogP contribution is 2.43. The fraction of sp³-hybridized carbons (Fsp3) is 0.360. The molecule has 2 aromatic carbocycles. The molecular weight excluding hydrogens is 409 g/mol. The van der Waals surface area contributed by atoms with Crippen molar-refractivity contribution in [3.63, 3.8) is 0 Å². The largest absolute Gasteiger partial charge is 0.394 e. The minimum absolute atomic E-state index is 0.0702. The molecule has 0 unspecified atom stereocenters. The number of halogens is 1. The average molecular weight is 433 g/mol. The molecule has 3 amide bonds. The second kappa shape index (κ2) is 8.29. The third-order valence-electron chi connectivity index (χ3n) is 6.41. The molecule has 3 aliphatic rings. The maximum absolute atomic E-state index is 13.4. The summed E-state index contributed by atoms with van der Waals surface area (Å²) in [7, 11) is 0. The van der Waals surface area contributed by atoms with Gasteiger partial charge in [0, 0.05) is 29.6 Å². The lowest BCUT2D eigenvalue weighted by Crippen LogP contribution is -2.73. The Bertz CT molecular complexity index is 1100. The highest BCUT2D eigenvalue weighted by molar-refractivity contribution is 5.93. The van der Waals surface area contributed by atoms with Gasteiger partial charge in [-0.1, -0.05) is 30.0 Å². The summed E-state index contributed by atoms with van der Waals surface area (Å²) in [4.78, 5) is 28.6. The third-order valence-corrected chi connectivity index (χ3v) is 6.41. The number of carbonyl (C=O) groups excluding carboxylic acids is 2. The number of hydrogen-bond donors (Lipinski definition) is 2. The van der Waals surface area contributed by atoms with Crippen molar-refractivity contribution >= 4 is 17.6 Å². The Morgan fingerprint density at radius 3 is 2.66 bits per heavy atom. The van der Waals surface area contributed by atoms with Gasteiger partial charge < -0.3 is 20.2 Å². The first kappa shape index (κ1) is 20.5. The molecule has 32 heavy (non-hydrogen) atoms. The number of amides is 3. The number of fused-ring (bicyclic) bond motifs is 1. The van der Waals surface area contributed by atoms with Gasteiger partial charge in [0.2, 0.25) is 5.91 Å². The van der Waals surface area contributed by atoms with Gasteiger partial charge in [-0.25, -0.2) is 9.18 Å². The quantitative estimate of drug-likeness (QED) is 0.732. The van der Waals surface area contributed by atoms with E-state index < -0.39 is 11.8 Å². The summed E-state index contributed by atoms with van der Waals surface area (Å²) in [5.74, 6) is 6.26. The third kappa shape index (κ3) is 3.94. The number of nitrogens with zero attached hydrogens (tertiary/aromatic N) is 2. The molecule has 0 radical (unpaired) electrons. The number of aliphatic hydroxyl groups is 1. The lowest BCUT2D eigenvalue weighted by atomic mass is 9.73. The van der Waals surface area contributed by atoms with Crippen molar-refractivity contribution in [2.24, 2.45) is 5.92 Å². The number of anilines is 1. The first-order valence-electron chi connectivity index (χ1n) is 10.9. The highest BCUT2D eigenvalue weighted by Gasteiger charge is 2.54. The smallest absolute Gasteiger partial charge is 0.322 e. The van der Waals surface area contributed by atoms with Crippen LogP contribution in [0.5, 0.6) is 0 Å². The second-order valence-electron chi connectivity index (χ2n) is 8.63. The van der Waals surface area contributed by atoms with E-state index >= 15 is 0 Å². The summed E-state index contributed by atoms with van der Waals surface area (Å²) >= 11 is 0. The van der Waals surface area contributed by atoms with Gasteiger partial charge in [0.25, 0.3) is 0 Å². The van der Waals surface area contributed by atoms with Crippen LogP contribution < -0.4 is 5.32 Å². The molecule has 0 aromatic heterocycles. The second-order valence-corrected chi connectivity index (χ2v) is 8.63. The summed E-state index contributed by atoms with van der Waals surface area (Å²) in [6.45, 7) is 0.138. The molecule has 7 heteroatoms. The van der Waals surface area contributed by atoms with Gasteiger partial charge >= 0.3 is 6.03 Å². The number of benzene rings is 2. The predicted molar refractivity (Wildman–Crippen MR) is 117 cm³/mol. The van der Waals surface area contributed by atoms with Crippen LogP contribution in [0.15, 0.2) is 48.5 Å². The zero-order valence-corrected chi connectivity index (χ0v) is 17.5. The van der Waals surface area contributed by atoms with Crippen LogP contribution in [-0.2, 0) is 4.79 Å². The Kier molecular flexibility index (Phi) is 5.32. The van der Waals surface area contributed by atoms with Crippen molar-refractivity contribution in [1.29, 1.82) is 0 Å². The molecule has 3 atom stereocenters. The van der Waals surface area contributed by atoms with Crippen molar-refractivity contribution in [1.82, 2.24) is 9.80 Å². The van der Waals surface area contributed by atoms with Crippen LogP contribution in [0.4, 0.5) is 14.9 Å². The number of rotatable bonds is 3. The normalized spacial score (nSPS) is 24.2. The van der Waals surface area contributed by atoms with E-state index in [9.17, 15) is 19.1 Å². The molecule has 2 heterocycles. The first-order valence-corrected chi connectivity index (χ1v) is 10.9. The molecule has 1 saturated carbocycles. The molecule has 6 nitrogen and oxygen atoms in total. The maximum atomic E-state index is 13.4. The van der Waals surface area contributed by atoms with Crippen LogP contribution in [0.25, 0.3) is 0 Å². The van der Waals surface area contributed by atoms with Gasteiger partial charge in [0.15, 0.2) is 0 Å². The van der Waals surface area contributed by atoms with Gasteiger partial charge in [-0.3, -0.25) is 4.79 Å².